The number of amides is 1. The summed E-state index contributed by atoms with van der Waals surface area (Å²) in [6.45, 7) is 2.28. The Morgan fingerprint density at radius 2 is 2.18 bits per heavy atom. The molecule has 0 aliphatic rings. The molecular weight excluding hydrogens is 240 g/mol. The number of halogens is 1. The molecule has 0 heterocycles. The molecule has 5 heteroatoms. The largest absolute Gasteiger partial charge is 0.377 e. The zero-order valence-corrected chi connectivity index (χ0v) is 11.1. The van der Waals surface area contributed by atoms with Gasteiger partial charge in [0, 0.05) is 12.8 Å². The third kappa shape index (κ3) is 5.17. The molecule has 17 heavy (non-hydrogen) atoms. The number of carbonyl (C=O) groups excluding carboxylic acids is 1. The first-order valence-corrected chi connectivity index (χ1v) is 5.24. The van der Waals surface area contributed by atoms with Crippen LogP contribution in [-0.2, 0) is 9.53 Å². The highest BCUT2D eigenvalue weighted by molar-refractivity contribution is 5.92. The molecule has 1 rings (SSSR count). The van der Waals surface area contributed by atoms with E-state index in [2.05, 4.69) is 10.6 Å². The summed E-state index contributed by atoms with van der Waals surface area (Å²) in [6, 6.07) is 7.66. The second kappa shape index (κ2) is 8.06. The van der Waals surface area contributed by atoms with E-state index >= 15 is 0 Å². The summed E-state index contributed by atoms with van der Waals surface area (Å²) >= 11 is 0. The van der Waals surface area contributed by atoms with E-state index in [4.69, 9.17) is 4.74 Å². The molecule has 4 nitrogen and oxygen atoms in total. The Kier molecular flexibility index (Phi) is 7.54. The minimum Gasteiger partial charge on any atom is -0.377 e. The Labute approximate surface area is 108 Å². The van der Waals surface area contributed by atoms with Gasteiger partial charge in [0.1, 0.15) is 0 Å². The molecule has 1 unspecified atom stereocenters. The maximum Gasteiger partial charge on any atom is 0.238 e. The van der Waals surface area contributed by atoms with Crippen molar-refractivity contribution in [1.29, 1.82) is 0 Å². The molecule has 96 valence electrons. The number of benzene rings is 1. The van der Waals surface area contributed by atoms with Gasteiger partial charge in [0.2, 0.25) is 5.91 Å². The van der Waals surface area contributed by atoms with Crippen LogP contribution in [-0.4, -0.2) is 26.6 Å². The lowest BCUT2D eigenvalue weighted by atomic mass is 10.1. The Morgan fingerprint density at radius 1 is 1.47 bits per heavy atom. The zero-order chi connectivity index (χ0) is 12.0. The minimum absolute atomic E-state index is 0. The average molecular weight is 259 g/mol. The molecule has 0 aliphatic carbocycles. The lowest BCUT2D eigenvalue weighted by Crippen LogP contribution is -2.25. The monoisotopic (exact) mass is 258 g/mol. The fraction of sp³-hybridized carbons (Fsp3) is 0.417. The van der Waals surface area contributed by atoms with E-state index in [0.29, 0.717) is 6.54 Å². The van der Waals surface area contributed by atoms with Crippen molar-refractivity contribution in [3.8, 4) is 0 Å². The van der Waals surface area contributed by atoms with Crippen LogP contribution in [0.15, 0.2) is 24.3 Å². The molecule has 0 fully saturated rings. The van der Waals surface area contributed by atoms with Crippen LogP contribution in [0.4, 0.5) is 5.69 Å². The maximum absolute atomic E-state index is 11.4. The number of hydrogen-bond acceptors (Lipinski definition) is 3. The molecule has 0 spiro atoms. The standard InChI is InChI=1S/C12H18N2O2.ClH/c1-9(16-3)10-5-4-6-11(7-10)14-12(15)8-13-2;/h4-7,9,13H,8H2,1-3H3,(H,14,15);1H. The van der Waals surface area contributed by atoms with E-state index < -0.39 is 0 Å². The Bertz CT molecular complexity index is 358. The van der Waals surface area contributed by atoms with Crippen LogP contribution in [0.1, 0.15) is 18.6 Å². The maximum atomic E-state index is 11.4. The summed E-state index contributed by atoms with van der Waals surface area (Å²) in [5, 5.41) is 5.60. The third-order valence-electron chi connectivity index (χ3n) is 2.33. The average Bonchev–Trinajstić information content (AvgIpc) is 2.28. The first-order valence-electron chi connectivity index (χ1n) is 5.24. The van der Waals surface area contributed by atoms with Gasteiger partial charge in [-0.2, -0.15) is 0 Å². The summed E-state index contributed by atoms with van der Waals surface area (Å²) < 4.78 is 5.22. The molecular formula is C12H19ClN2O2. The zero-order valence-electron chi connectivity index (χ0n) is 10.3. The normalized spacial score (nSPS) is 11.5. The summed E-state index contributed by atoms with van der Waals surface area (Å²) in [7, 11) is 3.40. The Morgan fingerprint density at radius 3 is 2.76 bits per heavy atom. The Hall–Kier alpha value is -1.10. The van der Waals surface area contributed by atoms with E-state index in [0.717, 1.165) is 11.3 Å². The van der Waals surface area contributed by atoms with E-state index in [9.17, 15) is 4.79 Å². The molecule has 0 saturated carbocycles. The molecule has 1 aromatic carbocycles. The first kappa shape index (κ1) is 15.9. The van der Waals surface area contributed by atoms with Crippen molar-refractivity contribution < 1.29 is 9.53 Å². The van der Waals surface area contributed by atoms with E-state index in [1.54, 1.807) is 14.2 Å². The van der Waals surface area contributed by atoms with Crippen LogP contribution in [0, 0.1) is 0 Å². The fourth-order valence-corrected chi connectivity index (χ4v) is 1.37. The molecule has 1 amide bonds. The first-order chi connectivity index (χ1) is 7.67. The fourth-order valence-electron chi connectivity index (χ4n) is 1.37. The highest BCUT2D eigenvalue weighted by Gasteiger charge is 2.05. The number of anilines is 1. The number of carbonyl (C=O) groups is 1. The van der Waals surface area contributed by atoms with E-state index in [-0.39, 0.29) is 24.4 Å². The second-order valence-electron chi connectivity index (χ2n) is 3.58. The van der Waals surface area contributed by atoms with Crippen LogP contribution in [0.25, 0.3) is 0 Å². The van der Waals surface area contributed by atoms with E-state index in [1.807, 2.05) is 31.2 Å². The molecule has 0 radical (unpaired) electrons. The summed E-state index contributed by atoms with van der Waals surface area (Å²) in [6.07, 6.45) is 0.0288. The summed E-state index contributed by atoms with van der Waals surface area (Å²) in [5.74, 6) is -0.0512. The van der Waals surface area contributed by atoms with Gasteiger partial charge in [-0.1, -0.05) is 12.1 Å². The van der Waals surface area contributed by atoms with Gasteiger partial charge in [-0.05, 0) is 31.7 Å². The highest BCUT2D eigenvalue weighted by Crippen LogP contribution is 2.19. The summed E-state index contributed by atoms with van der Waals surface area (Å²) in [5.41, 5.74) is 1.84. The van der Waals surface area contributed by atoms with Gasteiger partial charge < -0.3 is 15.4 Å². The van der Waals surface area contributed by atoms with Crippen LogP contribution in [0.2, 0.25) is 0 Å². The van der Waals surface area contributed by atoms with Crippen LogP contribution < -0.4 is 10.6 Å². The van der Waals surface area contributed by atoms with Gasteiger partial charge >= 0.3 is 0 Å². The van der Waals surface area contributed by atoms with Gasteiger partial charge in [-0.25, -0.2) is 0 Å². The third-order valence-corrected chi connectivity index (χ3v) is 2.33. The van der Waals surface area contributed by atoms with Gasteiger partial charge in [0.05, 0.1) is 12.6 Å². The van der Waals surface area contributed by atoms with Crippen molar-refractivity contribution in [2.75, 3.05) is 26.0 Å². The van der Waals surface area contributed by atoms with Gasteiger partial charge in [0.25, 0.3) is 0 Å². The van der Waals surface area contributed by atoms with E-state index in [1.165, 1.54) is 0 Å². The van der Waals surface area contributed by atoms with Crippen LogP contribution >= 0.6 is 12.4 Å². The second-order valence-corrected chi connectivity index (χ2v) is 3.58. The minimum atomic E-state index is -0.0512. The van der Waals surface area contributed by atoms with Crippen LogP contribution in [0.3, 0.4) is 0 Å². The lowest BCUT2D eigenvalue weighted by Gasteiger charge is -2.11. The Balaban J connectivity index is 0.00000256. The van der Waals surface area contributed by atoms with Crippen molar-refractivity contribution in [2.45, 2.75) is 13.0 Å². The van der Waals surface area contributed by atoms with Gasteiger partial charge in [-0.3, -0.25) is 4.79 Å². The van der Waals surface area contributed by atoms with Gasteiger partial charge in [0.15, 0.2) is 0 Å². The molecule has 0 aromatic heterocycles. The topological polar surface area (TPSA) is 50.4 Å². The molecule has 2 N–H and O–H groups in total. The smallest absolute Gasteiger partial charge is 0.238 e. The SMILES string of the molecule is CNCC(=O)Nc1cccc(C(C)OC)c1.Cl. The molecule has 0 aliphatic heterocycles. The lowest BCUT2D eigenvalue weighted by molar-refractivity contribution is -0.115. The number of likely N-dealkylation sites (N-methyl/N-ethyl adjacent to an activating group) is 1. The highest BCUT2D eigenvalue weighted by atomic mass is 35.5. The van der Waals surface area contributed by atoms with Crippen molar-refractivity contribution in [3.05, 3.63) is 29.8 Å². The van der Waals surface area contributed by atoms with Crippen molar-refractivity contribution in [3.63, 3.8) is 0 Å². The predicted molar refractivity (Wildman–Crippen MR) is 71.7 cm³/mol. The predicted octanol–water partition coefficient (Wildman–Crippen LogP) is 1.97. The molecule has 1 atom stereocenters. The number of nitrogens with one attached hydrogen (secondary N) is 2. The molecule has 1 aromatic rings. The number of methoxy groups -OCH3 is 1. The van der Waals surface area contributed by atoms with Crippen molar-refractivity contribution >= 4 is 24.0 Å². The van der Waals surface area contributed by atoms with Gasteiger partial charge in [-0.15, -0.1) is 12.4 Å². The quantitative estimate of drug-likeness (QED) is 0.849. The molecule has 0 saturated heterocycles. The number of ether oxygens (including phenoxy) is 1. The summed E-state index contributed by atoms with van der Waals surface area (Å²) in [4.78, 5) is 11.4. The van der Waals surface area contributed by atoms with Crippen LogP contribution in [0.5, 0.6) is 0 Å². The van der Waals surface area contributed by atoms with Crippen molar-refractivity contribution in [1.82, 2.24) is 5.32 Å². The molecule has 0 bridgehead atoms. The number of hydrogen-bond donors (Lipinski definition) is 2. The number of rotatable bonds is 5. The van der Waals surface area contributed by atoms with Crippen molar-refractivity contribution in [2.24, 2.45) is 0 Å².